The van der Waals surface area contributed by atoms with E-state index in [9.17, 15) is 14.7 Å². The molecule has 1 fully saturated rings. The molecule has 1 N–H and O–H groups in total. The lowest BCUT2D eigenvalue weighted by atomic mass is 10.1. The summed E-state index contributed by atoms with van der Waals surface area (Å²) in [6.07, 6.45) is 0. The van der Waals surface area contributed by atoms with Gasteiger partial charge in [-0.05, 0) is 50.2 Å². The second kappa shape index (κ2) is 8.10. The van der Waals surface area contributed by atoms with E-state index in [4.69, 9.17) is 16.3 Å². The van der Waals surface area contributed by atoms with Crippen molar-refractivity contribution in [1.82, 2.24) is 4.90 Å². The molecule has 148 valence electrons. The van der Waals surface area contributed by atoms with Crippen LogP contribution in [0.15, 0.2) is 48.5 Å². The van der Waals surface area contributed by atoms with E-state index in [1.807, 2.05) is 23.1 Å². The first kappa shape index (κ1) is 20.0. The maximum absolute atomic E-state index is 12.7. The Kier molecular flexibility index (Phi) is 5.79. The topological polar surface area (TPSA) is 70.1 Å². The van der Waals surface area contributed by atoms with Gasteiger partial charge in [0.1, 0.15) is 5.75 Å². The predicted molar refractivity (Wildman–Crippen MR) is 108 cm³/mol. The Bertz CT molecular complexity index is 859. The number of anilines is 1. The van der Waals surface area contributed by atoms with Crippen molar-refractivity contribution in [2.75, 3.05) is 31.1 Å². The number of halogens is 1. The molecular weight excluding hydrogens is 380 g/mol. The van der Waals surface area contributed by atoms with Crippen LogP contribution in [0.1, 0.15) is 24.2 Å². The fourth-order valence-electron chi connectivity index (χ4n) is 3.05. The molecule has 2 aromatic carbocycles. The molecule has 1 heterocycles. The summed E-state index contributed by atoms with van der Waals surface area (Å²) in [5, 5.41) is 9.93. The van der Waals surface area contributed by atoms with Gasteiger partial charge in [0, 0.05) is 36.8 Å². The van der Waals surface area contributed by atoms with Crippen LogP contribution in [0, 0.1) is 0 Å². The van der Waals surface area contributed by atoms with Gasteiger partial charge >= 0.3 is 5.97 Å². The van der Waals surface area contributed by atoms with Crippen LogP contribution in [0.4, 0.5) is 5.69 Å². The summed E-state index contributed by atoms with van der Waals surface area (Å²) in [7, 11) is 0. The van der Waals surface area contributed by atoms with Crippen molar-refractivity contribution < 1.29 is 19.4 Å². The number of nitrogens with zero attached hydrogens (tertiary/aromatic N) is 2. The molecule has 0 atom stereocenters. The van der Waals surface area contributed by atoms with Crippen molar-refractivity contribution in [3.8, 4) is 5.75 Å². The molecule has 1 aliphatic rings. The van der Waals surface area contributed by atoms with Crippen molar-refractivity contribution in [2.45, 2.75) is 19.4 Å². The first-order valence-electron chi connectivity index (χ1n) is 9.09. The number of benzene rings is 2. The Balaban J connectivity index is 1.69. The molecule has 0 saturated carbocycles. The molecule has 1 amide bonds. The highest BCUT2D eigenvalue weighted by molar-refractivity contribution is 6.30. The van der Waals surface area contributed by atoms with Gasteiger partial charge in [-0.2, -0.15) is 0 Å². The Morgan fingerprint density at radius 2 is 1.61 bits per heavy atom. The average Bonchev–Trinajstić information content (AvgIpc) is 2.68. The molecule has 0 radical (unpaired) electrons. The van der Waals surface area contributed by atoms with Crippen LogP contribution in [0.3, 0.4) is 0 Å². The molecule has 7 heteroatoms. The van der Waals surface area contributed by atoms with Gasteiger partial charge in [-0.25, -0.2) is 4.79 Å². The van der Waals surface area contributed by atoms with Gasteiger partial charge in [0.25, 0.3) is 5.91 Å². The predicted octanol–water partition coefficient (Wildman–Crippen LogP) is 3.54. The molecule has 1 aliphatic heterocycles. The summed E-state index contributed by atoms with van der Waals surface area (Å²) in [4.78, 5) is 28.0. The number of ether oxygens (including phenoxy) is 1. The summed E-state index contributed by atoms with van der Waals surface area (Å²) in [5.74, 6) is -0.527. The summed E-state index contributed by atoms with van der Waals surface area (Å²) in [6, 6.07) is 14.3. The number of carboxylic acids is 1. The normalized spacial score (nSPS) is 14.7. The maximum atomic E-state index is 12.7. The summed E-state index contributed by atoms with van der Waals surface area (Å²) >= 11 is 5.89. The van der Waals surface area contributed by atoms with Gasteiger partial charge in [0.05, 0.1) is 5.69 Å². The lowest BCUT2D eigenvalue weighted by molar-refractivity contribution is -0.152. The van der Waals surface area contributed by atoms with Crippen LogP contribution < -0.4 is 9.64 Å². The number of hydrogen-bond donors (Lipinski definition) is 1. The zero-order valence-electron chi connectivity index (χ0n) is 15.9. The summed E-state index contributed by atoms with van der Waals surface area (Å²) < 4.78 is 5.77. The van der Waals surface area contributed by atoms with E-state index in [2.05, 4.69) is 4.90 Å². The molecule has 3 rings (SSSR count). The van der Waals surface area contributed by atoms with Gasteiger partial charge in [-0.1, -0.05) is 23.7 Å². The van der Waals surface area contributed by atoms with E-state index < -0.39 is 11.6 Å². The van der Waals surface area contributed by atoms with Gasteiger partial charge < -0.3 is 19.6 Å². The molecule has 0 bridgehead atoms. The minimum Gasteiger partial charge on any atom is -0.478 e. The molecule has 0 aliphatic carbocycles. The number of hydrogen-bond acceptors (Lipinski definition) is 4. The highest BCUT2D eigenvalue weighted by Gasteiger charge is 2.31. The number of carbonyl (C=O) groups is 2. The second-order valence-corrected chi connectivity index (χ2v) is 7.61. The quantitative estimate of drug-likeness (QED) is 0.828. The fraction of sp³-hybridized carbons (Fsp3) is 0.333. The Morgan fingerprint density at radius 1 is 1.00 bits per heavy atom. The SMILES string of the molecule is CC(C)(Oc1ccccc1N1CCN(C(=O)c2ccc(Cl)cc2)CC1)C(=O)O. The number of rotatable bonds is 5. The standard InChI is InChI=1S/C21H23ClN2O4/c1-21(2,20(26)27)28-18-6-4-3-5-17(18)23-11-13-24(14-12-23)19(25)15-7-9-16(22)10-8-15/h3-10H,11-14H2,1-2H3,(H,26,27). The number of aliphatic carboxylic acids is 1. The minimum absolute atomic E-state index is 0.0205. The van der Waals surface area contributed by atoms with Crippen molar-refractivity contribution >= 4 is 29.2 Å². The number of piperazine rings is 1. The van der Waals surface area contributed by atoms with Crippen LogP contribution in [-0.4, -0.2) is 53.7 Å². The second-order valence-electron chi connectivity index (χ2n) is 7.17. The summed E-state index contributed by atoms with van der Waals surface area (Å²) in [6.45, 7) is 5.44. The maximum Gasteiger partial charge on any atom is 0.347 e. The smallest absolute Gasteiger partial charge is 0.347 e. The number of carboxylic acid groups (broad SMARTS) is 1. The van der Waals surface area contributed by atoms with Crippen molar-refractivity contribution in [1.29, 1.82) is 0 Å². The molecule has 0 unspecified atom stereocenters. The average molecular weight is 403 g/mol. The Hall–Kier alpha value is -2.73. The third kappa shape index (κ3) is 4.39. The van der Waals surface area contributed by atoms with Crippen LogP contribution in [0.5, 0.6) is 5.75 Å². The first-order valence-corrected chi connectivity index (χ1v) is 9.47. The largest absolute Gasteiger partial charge is 0.478 e. The molecule has 0 aromatic heterocycles. The molecule has 28 heavy (non-hydrogen) atoms. The molecule has 0 spiro atoms. The molecule has 2 aromatic rings. The van der Waals surface area contributed by atoms with Gasteiger partial charge in [0.15, 0.2) is 5.60 Å². The molecular formula is C21H23ClN2O4. The third-order valence-corrected chi connectivity index (χ3v) is 5.00. The van der Waals surface area contributed by atoms with Crippen LogP contribution in [0.2, 0.25) is 5.02 Å². The van der Waals surface area contributed by atoms with Crippen molar-refractivity contribution in [2.24, 2.45) is 0 Å². The Labute approximate surface area is 169 Å². The van der Waals surface area contributed by atoms with E-state index in [0.29, 0.717) is 42.5 Å². The lowest BCUT2D eigenvalue weighted by Crippen LogP contribution is -2.49. The third-order valence-electron chi connectivity index (χ3n) is 4.74. The lowest BCUT2D eigenvalue weighted by Gasteiger charge is -2.37. The molecule has 6 nitrogen and oxygen atoms in total. The first-order chi connectivity index (χ1) is 13.3. The van der Waals surface area contributed by atoms with Crippen molar-refractivity contribution in [3.63, 3.8) is 0 Å². The van der Waals surface area contributed by atoms with Crippen LogP contribution in [-0.2, 0) is 4.79 Å². The number of carbonyl (C=O) groups excluding carboxylic acids is 1. The van der Waals surface area contributed by atoms with E-state index in [1.54, 1.807) is 30.3 Å². The van der Waals surface area contributed by atoms with Gasteiger partial charge in [-0.3, -0.25) is 4.79 Å². The fourth-order valence-corrected chi connectivity index (χ4v) is 3.17. The molecule has 1 saturated heterocycles. The minimum atomic E-state index is -1.33. The highest BCUT2D eigenvalue weighted by atomic mass is 35.5. The van der Waals surface area contributed by atoms with E-state index in [0.717, 1.165) is 5.69 Å². The van der Waals surface area contributed by atoms with Gasteiger partial charge in [-0.15, -0.1) is 0 Å². The zero-order chi connectivity index (χ0) is 20.3. The number of amides is 1. The summed E-state index contributed by atoms with van der Waals surface area (Å²) in [5.41, 5.74) is 0.114. The monoisotopic (exact) mass is 402 g/mol. The van der Waals surface area contributed by atoms with Crippen LogP contribution >= 0.6 is 11.6 Å². The number of para-hydroxylation sites is 2. The van der Waals surface area contributed by atoms with Crippen molar-refractivity contribution in [3.05, 3.63) is 59.1 Å². The van der Waals surface area contributed by atoms with E-state index >= 15 is 0 Å². The highest BCUT2D eigenvalue weighted by Crippen LogP contribution is 2.32. The Morgan fingerprint density at radius 3 is 2.21 bits per heavy atom. The van der Waals surface area contributed by atoms with E-state index in [1.165, 1.54) is 13.8 Å². The zero-order valence-corrected chi connectivity index (χ0v) is 16.6. The van der Waals surface area contributed by atoms with E-state index in [-0.39, 0.29) is 5.91 Å². The van der Waals surface area contributed by atoms with Crippen LogP contribution in [0.25, 0.3) is 0 Å². The van der Waals surface area contributed by atoms with Gasteiger partial charge in [0.2, 0.25) is 0 Å².